The van der Waals surface area contributed by atoms with Gasteiger partial charge in [-0.05, 0) is 19.8 Å². The molecule has 2 aliphatic heterocycles. The Morgan fingerprint density at radius 2 is 2.31 bits per heavy atom. The predicted molar refractivity (Wildman–Crippen MR) is 46.9 cm³/mol. The monoisotopic (exact) mass is 187 g/mol. The van der Waals surface area contributed by atoms with E-state index < -0.39 is 5.60 Å². The third-order valence-electron chi connectivity index (χ3n) is 3.33. The smallest absolute Gasteiger partial charge is 0.117 e. The van der Waals surface area contributed by atoms with E-state index >= 15 is 0 Å². The van der Waals surface area contributed by atoms with Crippen LogP contribution in [0.2, 0.25) is 0 Å². The van der Waals surface area contributed by atoms with Crippen molar-refractivity contribution in [2.75, 3.05) is 19.8 Å². The Hall–Kier alpha value is -0.160. The van der Waals surface area contributed by atoms with E-state index in [1.807, 2.05) is 12.0 Å². The van der Waals surface area contributed by atoms with E-state index in [0.717, 1.165) is 19.4 Å². The molecule has 2 N–H and O–H groups in total. The van der Waals surface area contributed by atoms with Crippen LogP contribution in [-0.2, 0) is 4.84 Å². The Balaban J connectivity index is 2.17. The SMILES string of the molecule is C[C@@]1(CO)ON2CCC[C@@H]2[C@@H]1CO. The highest BCUT2D eigenvalue weighted by atomic mass is 16.7. The number of rotatable bonds is 2. The number of nitrogens with zero attached hydrogens (tertiary/aromatic N) is 1. The molecule has 4 nitrogen and oxygen atoms in total. The van der Waals surface area contributed by atoms with Crippen molar-refractivity contribution < 1.29 is 15.1 Å². The van der Waals surface area contributed by atoms with Crippen molar-refractivity contribution >= 4 is 0 Å². The van der Waals surface area contributed by atoms with Gasteiger partial charge in [0.15, 0.2) is 0 Å². The maximum atomic E-state index is 9.26. The highest BCUT2D eigenvalue weighted by Gasteiger charge is 2.52. The van der Waals surface area contributed by atoms with Crippen LogP contribution < -0.4 is 0 Å². The Morgan fingerprint density at radius 1 is 1.54 bits per heavy atom. The molecule has 4 heteroatoms. The van der Waals surface area contributed by atoms with Gasteiger partial charge in [-0.3, -0.25) is 4.84 Å². The van der Waals surface area contributed by atoms with Crippen molar-refractivity contribution in [3.63, 3.8) is 0 Å². The first-order valence-corrected chi connectivity index (χ1v) is 4.89. The molecule has 2 saturated heterocycles. The minimum absolute atomic E-state index is 0.0226. The van der Waals surface area contributed by atoms with E-state index in [9.17, 15) is 10.2 Å². The number of hydroxylamine groups is 2. The van der Waals surface area contributed by atoms with Gasteiger partial charge in [0.2, 0.25) is 0 Å². The molecule has 0 aliphatic carbocycles. The van der Waals surface area contributed by atoms with Crippen LogP contribution in [0.25, 0.3) is 0 Å². The van der Waals surface area contributed by atoms with Gasteiger partial charge in [-0.15, -0.1) is 0 Å². The molecule has 76 valence electrons. The second-order valence-electron chi connectivity index (χ2n) is 4.20. The van der Waals surface area contributed by atoms with Crippen LogP contribution in [0.5, 0.6) is 0 Å². The second-order valence-corrected chi connectivity index (χ2v) is 4.20. The lowest BCUT2D eigenvalue weighted by atomic mass is 9.85. The average Bonchev–Trinajstić information content (AvgIpc) is 2.62. The van der Waals surface area contributed by atoms with Gasteiger partial charge in [-0.25, -0.2) is 0 Å². The Labute approximate surface area is 78.1 Å². The average molecular weight is 187 g/mol. The quantitative estimate of drug-likeness (QED) is 0.626. The molecule has 2 rings (SSSR count). The summed E-state index contributed by atoms with van der Waals surface area (Å²) in [7, 11) is 0. The molecule has 2 aliphatic rings. The normalized spacial score (nSPS) is 45.5. The minimum Gasteiger partial charge on any atom is -0.396 e. The van der Waals surface area contributed by atoms with Crippen molar-refractivity contribution in [2.45, 2.75) is 31.4 Å². The Bertz CT molecular complexity index is 199. The largest absolute Gasteiger partial charge is 0.396 e. The molecule has 0 aromatic carbocycles. The molecule has 2 heterocycles. The van der Waals surface area contributed by atoms with Crippen molar-refractivity contribution in [3.05, 3.63) is 0 Å². The van der Waals surface area contributed by atoms with Crippen LogP contribution in [-0.4, -0.2) is 46.7 Å². The van der Waals surface area contributed by atoms with Gasteiger partial charge in [0.25, 0.3) is 0 Å². The first kappa shape index (κ1) is 9.40. The van der Waals surface area contributed by atoms with E-state index in [4.69, 9.17) is 4.84 Å². The van der Waals surface area contributed by atoms with Gasteiger partial charge in [-0.2, -0.15) is 5.06 Å². The van der Waals surface area contributed by atoms with Gasteiger partial charge >= 0.3 is 0 Å². The first-order valence-electron chi connectivity index (χ1n) is 4.89. The van der Waals surface area contributed by atoms with E-state index in [1.165, 1.54) is 0 Å². The first-order chi connectivity index (χ1) is 6.21. The molecule has 0 saturated carbocycles. The van der Waals surface area contributed by atoms with Gasteiger partial charge in [-0.1, -0.05) is 0 Å². The van der Waals surface area contributed by atoms with Crippen LogP contribution in [0.4, 0.5) is 0 Å². The standard InChI is InChI=1S/C9H17NO3/c1-9(6-12)7(5-11)8-3-2-4-10(8)13-9/h7-8,11-12H,2-6H2,1H3/t7-,8+,9-/m0/s1. The Kier molecular flexibility index (Phi) is 2.32. The lowest BCUT2D eigenvalue weighted by molar-refractivity contribution is -0.204. The molecule has 0 bridgehead atoms. The molecular weight excluding hydrogens is 170 g/mol. The maximum Gasteiger partial charge on any atom is 0.117 e. The van der Waals surface area contributed by atoms with Crippen molar-refractivity contribution in [1.82, 2.24) is 5.06 Å². The van der Waals surface area contributed by atoms with Crippen LogP contribution >= 0.6 is 0 Å². The zero-order chi connectivity index (χ0) is 9.47. The second kappa shape index (κ2) is 3.20. The lowest BCUT2D eigenvalue weighted by Crippen LogP contribution is -2.40. The van der Waals surface area contributed by atoms with E-state index in [2.05, 4.69) is 0 Å². The summed E-state index contributed by atoms with van der Waals surface area (Å²) in [6, 6.07) is 0.308. The molecule has 0 spiro atoms. The van der Waals surface area contributed by atoms with Crippen molar-refractivity contribution in [1.29, 1.82) is 0 Å². The lowest BCUT2D eigenvalue weighted by Gasteiger charge is -2.27. The number of aliphatic hydroxyl groups excluding tert-OH is 2. The van der Waals surface area contributed by atoms with Crippen LogP contribution in [0.15, 0.2) is 0 Å². The highest BCUT2D eigenvalue weighted by Crippen LogP contribution is 2.41. The summed E-state index contributed by atoms with van der Waals surface area (Å²) in [4.78, 5) is 5.65. The number of hydrogen-bond donors (Lipinski definition) is 2. The molecule has 0 aromatic heterocycles. The van der Waals surface area contributed by atoms with Gasteiger partial charge in [0.05, 0.1) is 13.2 Å². The molecule has 0 amide bonds. The Morgan fingerprint density at radius 3 is 2.92 bits per heavy atom. The maximum absolute atomic E-state index is 9.26. The summed E-state index contributed by atoms with van der Waals surface area (Å²) < 4.78 is 0. The van der Waals surface area contributed by atoms with E-state index in [1.54, 1.807) is 0 Å². The van der Waals surface area contributed by atoms with Crippen LogP contribution in [0, 0.1) is 5.92 Å². The van der Waals surface area contributed by atoms with Gasteiger partial charge in [0, 0.05) is 18.5 Å². The third kappa shape index (κ3) is 1.29. The molecule has 0 aromatic rings. The fourth-order valence-electron chi connectivity index (χ4n) is 2.48. The predicted octanol–water partition coefficient (Wildman–Crippen LogP) is -0.244. The number of fused-ring (bicyclic) bond motifs is 1. The fraction of sp³-hybridized carbons (Fsp3) is 1.00. The molecule has 13 heavy (non-hydrogen) atoms. The van der Waals surface area contributed by atoms with E-state index in [0.29, 0.717) is 6.04 Å². The van der Waals surface area contributed by atoms with Crippen LogP contribution in [0.3, 0.4) is 0 Å². The summed E-state index contributed by atoms with van der Waals surface area (Å²) in [5, 5.41) is 20.4. The topological polar surface area (TPSA) is 52.9 Å². The summed E-state index contributed by atoms with van der Waals surface area (Å²) in [5.41, 5.74) is -0.570. The molecular formula is C9H17NO3. The summed E-state index contributed by atoms with van der Waals surface area (Å²) in [6.07, 6.45) is 2.20. The van der Waals surface area contributed by atoms with Crippen molar-refractivity contribution in [2.24, 2.45) is 5.92 Å². The van der Waals surface area contributed by atoms with Gasteiger partial charge in [0.1, 0.15) is 5.60 Å². The zero-order valence-electron chi connectivity index (χ0n) is 7.94. The summed E-state index contributed by atoms with van der Waals surface area (Å²) in [5.74, 6) is 0.0556. The molecule has 3 atom stereocenters. The molecule has 2 fully saturated rings. The van der Waals surface area contributed by atoms with Crippen LogP contribution in [0.1, 0.15) is 19.8 Å². The zero-order valence-corrected chi connectivity index (χ0v) is 7.94. The number of hydrogen-bond acceptors (Lipinski definition) is 4. The molecule has 0 radical (unpaired) electrons. The summed E-state index contributed by atoms with van der Waals surface area (Å²) in [6.45, 7) is 2.87. The van der Waals surface area contributed by atoms with Gasteiger partial charge < -0.3 is 10.2 Å². The summed E-state index contributed by atoms with van der Waals surface area (Å²) >= 11 is 0. The minimum atomic E-state index is -0.570. The van der Waals surface area contributed by atoms with E-state index in [-0.39, 0.29) is 19.1 Å². The van der Waals surface area contributed by atoms with Crippen molar-refractivity contribution in [3.8, 4) is 0 Å². The fourth-order valence-corrected chi connectivity index (χ4v) is 2.48. The molecule has 0 unspecified atom stereocenters. The highest BCUT2D eigenvalue weighted by molar-refractivity contribution is 4.98. The number of aliphatic hydroxyl groups is 2. The third-order valence-corrected chi connectivity index (χ3v) is 3.33.